The summed E-state index contributed by atoms with van der Waals surface area (Å²) in [6.07, 6.45) is 4.43. The number of hydrogen-bond donors (Lipinski definition) is 2. The van der Waals surface area contributed by atoms with Crippen molar-refractivity contribution < 1.29 is 38.2 Å². The number of halogens is 1. The van der Waals surface area contributed by atoms with Crippen LogP contribution in [0.15, 0.2) is 40.9 Å². The molecule has 3 aliphatic heterocycles. The number of piperidine rings is 1. The minimum atomic E-state index is -1.82. The van der Waals surface area contributed by atoms with E-state index in [1.807, 2.05) is 4.90 Å². The van der Waals surface area contributed by atoms with Crippen LogP contribution in [0.5, 0.6) is 0 Å². The Bertz CT molecular complexity index is 1370. The molecule has 11 heteroatoms. The summed E-state index contributed by atoms with van der Waals surface area (Å²) in [4.78, 5) is 34.9. The van der Waals surface area contributed by atoms with E-state index >= 15 is 0 Å². The van der Waals surface area contributed by atoms with Crippen LogP contribution in [-0.4, -0.2) is 70.9 Å². The zero-order valence-corrected chi connectivity index (χ0v) is 21.3. The molecule has 1 unspecified atom stereocenters. The highest BCUT2D eigenvalue weighted by Crippen LogP contribution is 2.42. The first-order valence-corrected chi connectivity index (χ1v) is 13.1. The van der Waals surface area contributed by atoms with E-state index in [4.69, 9.17) is 29.1 Å². The summed E-state index contributed by atoms with van der Waals surface area (Å²) in [5.41, 5.74) is 5.03. The Balaban J connectivity index is 0.000000465. The lowest BCUT2D eigenvalue weighted by atomic mass is 9.91. The van der Waals surface area contributed by atoms with Gasteiger partial charge in [0.1, 0.15) is 11.9 Å². The third-order valence-electron chi connectivity index (χ3n) is 7.58. The molecule has 206 valence electrons. The number of benzene rings is 2. The van der Waals surface area contributed by atoms with Gasteiger partial charge in [0.05, 0.1) is 17.9 Å². The van der Waals surface area contributed by atoms with Gasteiger partial charge < -0.3 is 29.3 Å². The maximum absolute atomic E-state index is 13.4. The summed E-state index contributed by atoms with van der Waals surface area (Å²) in [5, 5.41) is 20.0. The second-order valence-corrected chi connectivity index (χ2v) is 10.0. The van der Waals surface area contributed by atoms with Crippen LogP contribution < -0.4 is 4.90 Å². The number of carboxylic acids is 2. The molecule has 0 aliphatic carbocycles. The van der Waals surface area contributed by atoms with E-state index in [0.29, 0.717) is 31.1 Å². The standard InChI is InChI=1S/C26H28FN3O3.C2H2O4/c27-19-6-7-20-22(15-19)33-28-25(20)17-9-12-29(13-10-17)11-2-14-32-23-16-30-24(31)8-5-18-3-1-4-21(23)26(18)30;3-1(4)2(5)6/h1,3-4,6-7,15,17,23H,2,5,8-14,16H2;(H,3,4)(H,5,6). The predicted molar refractivity (Wildman–Crippen MR) is 138 cm³/mol. The molecule has 1 fully saturated rings. The fourth-order valence-corrected chi connectivity index (χ4v) is 5.67. The van der Waals surface area contributed by atoms with Gasteiger partial charge in [-0.2, -0.15) is 0 Å². The summed E-state index contributed by atoms with van der Waals surface area (Å²) in [7, 11) is 0. The highest BCUT2D eigenvalue weighted by molar-refractivity contribution is 6.27. The number of amides is 1. The maximum Gasteiger partial charge on any atom is 0.414 e. The minimum absolute atomic E-state index is 0.0157. The quantitative estimate of drug-likeness (QED) is 0.355. The van der Waals surface area contributed by atoms with Crippen LogP contribution >= 0.6 is 0 Å². The highest BCUT2D eigenvalue weighted by Gasteiger charge is 2.37. The minimum Gasteiger partial charge on any atom is -0.473 e. The van der Waals surface area contributed by atoms with E-state index in [2.05, 4.69) is 28.3 Å². The Labute approximate surface area is 223 Å². The van der Waals surface area contributed by atoms with Crippen LogP contribution in [0.25, 0.3) is 11.0 Å². The number of para-hydroxylation sites is 1. The number of carboxylic acid groups (broad SMARTS) is 2. The van der Waals surface area contributed by atoms with Crippen LogP contribution in [0.1, 0.15) is 54.5 Å². The molecular weight excluding hydrogens is 509 g/mol. The smallest absolute Gasteiger partial charge is 0.414 e. The summed E-state index contributed by atoms with van der Waals surface area (Å²) in [5.74, 6) is -3.37. The molecule has 4 heterocycles. The molecule has 0 spiro atoms. The number of likely N-dealkylation sites (tertiary alicyclic amines) is 1. The van der Waals surface area contributed by atoms with Gasteiger partial charge in [-0.1, -0.05) is 23.4 Å². The number of aliphatic carboxylic acids is 2. The average Bonchev–Trinajstić information content (AvgIpc) is 3.52. The lowest BCUT2D eigenvalue weighted by Gasteiger charge is -2.31. The van der Waals surface area contributed by atoms with E-state index in [-0.39, 0.29) is 17.8 Å². The molecular formula is C28H30FN3O7. The lowest BCUT2D eigenvalue weighted by Crippen LogP contribution is -2.34. The Morgan fingerprint density at radius 3 is 2.62 bits per heavy atom. The fraction of sp³-hybridized carbons (Fsp3) is 0.429. The molecule has 2 N–H and O–H groups in total. The molecule has 10 nitrogen and oxygen atoms in total. The maximum atomic E-state index is 13.4. The van der Waals surface area contributed by atoms with Crippen molar-refractivity contribution in [2.75, 3.05) is 37.7 Å². The number of aryl methyl sites for hydroxylation is 1. The van der Waals surface area contributed by atoms with Gasteiger partial charge >= 0.3 is 11.9 Å². The molecule has 0 bridgehead atoms. The molecule has 39 heavy (non-hydrogen) atoms. The molecule has 0 saturated carbocycles. The van der Waals surface area contributed by atoms with Gasteiger partial charge in [0.2, 0.25) is 5.91 Å². The monoisotopic (exact) mass is 539 g/mol. The normalized spacial score (nSPS) is 19.1. The fourth-order valence-electron chi connectivity index (χ4n) is 5.67. The van der Waals surface area contributed by atoms with Crippen LogP contribution in [-0.2, 0) is 25.5 Å². The molecule has 2 aromatic carbocycles. The Hall–Kier alpha value is -3.83. The highest BCUT2D eigenvalue weighted by atomic mass is 19.1. The van der Waals surface area contributed by atoms with E-state index in [9.17, 15) is 9.18 Å². The molecule has 1 saturated heterocycles. The average molecular weight is 540 g/mol. The molecule has 3 aromatic rings. The van der Waals surface area contributed by atoms with Crippen molar-refractivity contribution in [2.24, 2.45) is 0 Å². The van der Waals surface area contributed by atoms with Crippen molar-refractivity contribution in [1.29, 1.82) is 0 Å². The van der Waals surface area contributed by atoms with Crippen LogP contribution in [0.4, 0.5) is 10.1 Å². The van der Waals surface area contributed by atoms with Gasteiger partial charge in [0.15, 0.2) is 5.58 Å². The molecule has 0 radical (unpaired) electrons. The number of carbonyl (C=O) groups is 3. The Kier molecular flexibility index (Phi) is 7.89. The van der Waals surface area contributed by atoms with Crippen LogP contribution in [0.2, 0.25) is 0 Å². The zero-order chi connectivity index (χ0) is 27.5. The molecule has 6 rings (SSSR count). The lowest BCUT2D eigenvalue weighted by molar-refractivity contribution is -0.159. The number of fused-ring (bicyclic) bond motifs is 1. The van der Waals surface area contributed by atoms with E-state index in [0.717, 1.165) is 62.1 Å². The van der Waals surface area contributed by atoms with Crippen molar-refractivity contribution in [3.63, 3.8) is 0 Å². The summed E-state index contributed by atoms with van der Waals surface area (Å²) in [6.45, 7) is 4.36. The third kappa shape index (κ3) is 5.79. The first-order chi connectivity index (χ1) is 18.8. The second kappa shape index (κ2) is 11.5. The number of hydrogen-bond acceptors (Lipinski definition) is 7. The van der Waals surface area contributed by atoms with Gasteiger partial charge in [0, 0.05) is 42.5 Å². The Morgan fingerprint density at radius 1 is 1.10 bits per heavy atom. The Morgan fingerprint density at radius 2 is 1.87 bits per heavy atom. The van der Waals surface area contributed by atoms with Crippen molar-refractivity contribution in [3.05, 3.63) is 59.0 Å². The van der Waals surface area contributed by atoms with E-state index in [1.54, 1.807) is 6.07 Å². The molecule has 1 amide bonds. The number of nitrogens with zero attached hydrogens (tertiary/aromatic N) is 3. The van der Waals surface area contributed by atoms with E-state index in [1.165, 1.54) is 23.3 Å². The summed E-state index contributed by atoms with van der Waals surface area (Å²) < 4.78 is 25.0. The second-order valence-electron chi connectivity index (χ2n) is 10.0. The molecule has 1 aromatic heterocycles. The van der Waals surface area contributed by atoms with Gasteiger partial charge in [-0.3, -0.25) is 4.79 Å². The molecule has 3 aliphatic rings. The van der Waals surface area contributed by atoms with Crippen molar-refractivity contribution >= 4 is 34.5 Å². The summed E-state index contributed by atoms with van der Waals surface area (Å²) in [6, 6.07) is 11.0. The predicted octanol–water partition coefficient (Wildman–Crippen LogP) is 3.74. The zero-order valence-electron chi connectivity index (χ0n) is 21.3. The van der Waals surface area contributed by atoms with Gasteiger partial charge in [-0.25, -0.2) is 14.0 Å². The SMILES string of the molecule is O=C(O)C(=O)O.O=C1CCc2cccc3c2N1CC3OCCCN1CCC(c2noc3cc(F)ccc23)CC1. The third-order valence-corrected chi connectivity index (χ3v) is 7.58. The number of aromatic nitrogens is 1. The molecule has 1 atom stereocenters. The van der Waals surface area contributed by atoms with Crippen LogP contribution in [0, 0.1) is 5.82 Å². The van der Waals surface area contributed by atoms with Crippen molar-refractivity contribution in [1.82, 2.24) is 10.1 Å². The van der Waals surface area contributed by atoms with Crippen molar-refractivity contribution in [3.8, 4) is 0 Å². The number of anilines is 1. The van der Waals surface area contributed by atoms with Gasteiger partial charge in [-0.15, -0.1) is 0 Å². The van der Waals surface area contributed by atoms with Crippen LogP contribution in [0.3, 0.4) is 0 Å². The van der Waals surface area contributed by atoms with E-state index < -0.39 is 11.9 Å². The van der Waals surface area contributed by atoms with Gasteiger partial charge in [0.25, 0.3) is 0 Å². The summed E-state index contributed by atoms with van der Waals surface area (Å²) >= 11 is 0. The topological polar surface area (TPSA) is 133 Å². The number of ether oxygens (including phenoxy) is 1. The first-order valence-electron chi connectivity index (χ1n) is 13.1. The number of rotatable bonds is 6. The largest absolute Gasteiger partial charge is 0.473 e. The van der Waals surface area contributed by atoms with Gasteiger partial charge in [-0.05, 0) is 56.5 Å². The number of carbonyl (C=O) groups excluding carboxylic acids is 1. The van der Waals surface area contributed by atoms with Crippen molar-refractivity contribution in [2.45, 2.75) is 44.1 Å². The first kappa shape index (κ1) is 26.8.